The van der Waals surface area contributed by atoms with Crippen molar-refractivity contribution < 1.29 is 14.3 Å². The van der Waals surface area contributed by atoms with Gasteiger partial charge in [0.1, 0.15) is 0 Å². The van der Waals surface area contributed by atoms with E-state index in [2.05, 4.69) is 13.8 Å². The van der Waals surface area contributed by atoms with Gasteiger partial charge in [-0.05, 0) is 18.1 Å². The van der Waals surface area contributed by atoms with Gasteiger partial charge in [-0.2, -0.15) is 0 Å². The van der Waals surface area contributed by atoms with E-state index in [4.69, 9.17) is 4.74 Å². The lowest BCUT2D eigenvalue weighted by molar-refractivity contribution is -0.114. The van der Waals surface area contributed by atoms with Gasteiger partial charge in [0.05, 0.1) is 17.9 Å². The average Bonchev–Trinajstić information content (AvgIpc) is 2.59. The number of hydrogen-bond donors (Lipinski definition) is 0. The highest BCUT2D eigenvalue weighted by atomic mass is 16.5. The van der Waals surface area contributed by atoms with E-state index in [1.165, 1.54) is 4.90 Å². The lowest BCUT2D eigenvalue weighted by Crippen LogP contribution is -2.33. The summed E-state index contributed by atoms with van der Waals surface area (Å²) in [5.41, 5.74) is 1.19. The Bertz CT molecular complexity index is 468. The molecule has 0 N–H and O–H groups in total. The Morgan fingerprint density at radius 3 is 2.67 bits per heavy atom. The van der Waals surface area contributed by atoms with E-state index in [0.29, 0.717) is 36.9 Å². The molecule has 1 aliphatic heterocycles. The predicted octanol–water partition coefficient (Wildman–Crippen LogP) is 1.89. The molecule has 1 aliphatic rings. The van der Waals surface area contributed by atoms with Crippen LogP contribution < -0.4 is 4.90 Å². The molecule has 1 aromatic carbocycles. The molecule has 1 heterocycles. The third-order valence-corrected chi connectivity index (χ3v) is 2.79. The number of para-hydroxylation sites is 1. The Hall–Kier alpha value is -1.68. The Labute approximate surface area is 107 Å². The summed E-state index contributed by atoms with van der Waals surface area (Å²) in [7, 11) is 0. The number of carbonyl (C=O) groups is 2. The summed E-state index contributed by atoms with van der Waals surface area (Å²) in [6, 6.07) is 7.07. The van der Waals surface area contributed by atoms with Crippen LogP contribution in [0.1, 0.15) is 24.2 Å². The number of anilines is 1. The number of rotatable bonds is 5. The minimum absolute atomic E-state index is 0.422. The molecule has 0 bridgehead atoms. The van der Waals surface area contributed by atoms with Gasteiger partial charge < -0.3 is 9.64 Å². The molecule has 2 rings (SSSR count). The van der Waals surface area contributed by atoms with Crippen LogP contribution >= 0.6 is 0 Å². The van der Waals surface area contributed by atoms with Gasteiger partial charge >= 0.3 is 0 Å². The van der Waals surface area contributed by atoms with E-state index in [0.717, 1.165) is 0 Å². The summed E-state index contributed by atoms with van der Waals surface area (Å²) in [6.45, 7) is 5.68. The quantitative estimate of drug-likeness (QED) is 0.589. The first-order valence-electron chi connectivity index (χ1n) is 6.14. The molecule has 4 nitrogen and oxygen atoms in total. The van der Waals surface area contributed by atoms with Crippen LogP contribution in [0.25, 0.3) is 0 Å². The fraction of sp³-hybridized carbons (Fsp3) is 0.429. The zero-order valence-electron chi connectivity index (χ0n) is 10.7. The van der Waals surface area contributed by atoms with Gasteiger partial charge in [0.2, 0.25) is 0 Å². The number of amides is 1. The van der Waals surface area contributed by atoms with Gasteiger partial charge in [0.25, 0.3) is 11.7 Å². The van der Waals surface area contributed by atoms with E-state index in [1.54, 1.807) is 18.2 Å². The molecule has 0 aliphatic carbocycles. The van der Waals surface area contributed by atoms with Gasteiger partial charge in [0, 0.05) is 13.2 Å². The third-order valence-electron chi connectivity index (χ3n) is 2.79. The van der Waals surface area contributed by atoms with Gasteiger partial charge in [-0.3, -0.25) is 9.59 Å². The molecular formula is C14H17NO3. The van der Waals surface area contributed by atoms with E-state index in [1.807, 2.05) is 6.07 Å². The number of fused-ring (bicyclic) bond motifs is 1. The molecule has 1 amide bonds. The largest absolute Gasteiger partial charge is 0.379 e. The maximum absolute atomic E-state index is 11.8. The van der Waals surface area contributed by atoms with Crippen LogP contribution in [0.2, 0.25) is 0 Å². The molecule has 18 heavy (non-hydrogen) atoms. The minimum Gasteiger partial charge on any atom is -0.379 e. The van der Waals surface area contributed by atoms with E-state index >= 15 is 0 Å². The second-order valence-electron chi connectivity index (χ2n) is 4.77. The highest BCUT2D eigenvalue weighted by molar-refractivity contribution is 6.52. The van der Waals surface area contributed by atoms with Crippen molar-refractivity contribution in [1.82, 2.24) is 0 Å². The molecule has 0 unspecified atom stereocenters. The minimum atomic E-state index is -0.454. The van der Waals surface area contributed by atoms with Crippen molar-refractivity contribution in [2.24, 2.45) is 5.92 Å². The number of ether oxygens (including phenoxy) is 1. The fourth-order valence-corrected chi connectivity index (χ4v) is 1.95. The van der Waals surface area contributed by atoms with Crippen molar-refractivity contribution >= 4 is 17.4 Å². The normalized spacial score (nSPS) is 14.5. The second kappa shape index (κ2) is 5.31. The lowest BCUT2D eigenvalue weighted by atomic mass is 10.1. The van der Waals surface area contributed by atoms with Crippen molar-refractivity contribution in [1.29, 1.82) is 0 Å². The number of benzene rings is 1. The molecular weight excluding hydrogens is 230 g/mol. The highest BCUT2D eigenvalue weighted by Crippen LogP contribution is 2.27. The first-order chi connectivity index (χ1) is 8.61. The van der Waals surface area contributed by atoms with Crippen LogP contribution in [-0.4, -0.2) is 31.4 Å². The van der Waals surface area contributed by atoms with Crippen molar-refractivity contribution in [3.05, 3.63) is 29.8 Å². The van der Waals surface area contributed by atoms with Crippen LogP contribution in [0.5, 0.6) is 0 Å². The van der Waals surface area contributed by atoms with Gasteiger partial charge in [0.15, 0.2) is 0 Å². The molecule has 0 fully saturated rings. The van der Waals surface area contributed by atoms with Crippen molar-refractivity contribution in [2.45, 2.75) is 13.8 Å². The molecule has 0 saturated heterocycles. The van der Waals surface area contributed by atoms with Gasteiger partial charge in [-0.15, -0.1) is 0 Å². The molecule has 96 valence electrons. The number of nitrogens with zero attached hydrogens (tertiary/aromatic N) is 1. The third kappa shape index (κ3) is 2.43. The average molecular weight is 247 g/mol. The zero-order chi connectivity index (χ0) is 13.1. The standard InChI is InChI=1S/C14H17NO3/c1-10(2)9-18-8-7-15-12-6-4-3-5-11(12)13(16)14(15)17/h3-6,10H,7-9H2,1-2H3. The van der Waals surface area contributed by atoms with Crippen LogP contribution in [0.4, 0.5) is 5.69 Å². The Balaban J connectivity index is 2.01. The molecule has 0 aromatic heterocycles. The summed E-state index contributed by atoms with van der Waals surface area (Å²) >= 11 is 0. The molecule has 0 atom stereocenters. The smallest absolute Gasteiger partial charge is 0.299 e. The molecule has 0 radical (unpaired) electrons. The summed E-state index contributed by atoms with van der Waals surface area (Å²) in [4.78, 5) is 25.0. The molecule has 4 heteroatoms. The zero-order valence-corrected chi connectivity index (χ0v) is 10.7. The van der Waals surface area contributed by atoms with Gasteiger partial charge in [-0.25, -0.2) is 0 Å². The van der Waals surface area contributed by atoms with Crippen molar-refractivity contribution in [3.63, 3.8) is 0 Å². The second-order valence-corrected chi connectivity index (χ2v) is 4.77. The topological polar surface area (TPSA) is 46.6 Å². The maximum atomic E-state index is 11.8. The van der Waals surface area contributed by atoms with Crippen LogP contribution in [0.15, 0.2) is 24.3 Å². The fourth-order valence-electron chi connectivity index (χ4n) is 1.95. The molecule has 0 spiro atoms. The summed E-state index contributed by atoms with van der Waals surface area (Å²) < 4.78 is 5.45. The van der Waals surface area contributed by atoms with Crippen molar-refractivity contribution in [3.8, 4) is 0 Å². The number of hydrogen-bond acceptors (Lipinski definition) is 3. The first kappa shape index (κ1) is 12.8. The summed E-state index contributed by atoms with van der Waals surface area (Å²) in [6.07, 6.45) is 0. The van der Waals surface area contributed by atoms with E-state index in [-0.39, 0.29) is 0 Å². The van der Waals surface area contributed by atoms with Crippen molar-refractivity contribution in [2.75, 3.05) is 24.7 Å². The number of carbonyl (C=O) groups excluding carboxylic acids is 2. The van der Waals surface area contributed by atoms with Crippen LogP contribution in [0.3, 0.4) is 0 Å². The predicted molar refractivity (Wildman–Crippen MR) is 68.8 cm³/mol. The Kier molecular flexibility index (Phi) is 3.77. The maximum Gasteiger partial charge on any atom is 0.299 e. The van der Waals surface area contributed by atoms with Crippen LogP contribution in [0, 0.1) is 5.92 Å². The summed E-state index contributed by atoms with van der Waals surface area (Å²) in [5.74, 6) is -0.410. The highest BCUT2D eigenvalue weighted by Gasteiger charge is 2.34. The Morgan fingerprint density at radius 2 is 1.94 bits per heavy atom. The lowest BCUT2D eigenvalue weighted by Gasteiger charge is -2.16. The first-order valence-corrected chi connectivity index (χ1v) is 6.14. The van der Waals surface area contributed by atoms with Crippen LogP contribution in [-0.2, 0) is 9.53 Å². The molecule has 0 saturated carbocycles. The van der Waals surface area contributed by atoms with Gasteiger partial charge in [-0.1, -0.05) is 26.0 Å². The van der Waals surface area contributed by atoms with E-state index in [9.17, 15) is 9.59 Å². The number of ketones is 1. The number of Topliss-reactive ketones (excluding diaryl/α,β-unsaturated/α-hetero) is 1. The summed E-state index contributed by atoms with van der Waals surface area (Å²) in [5, 5.41) is 0. The Morgan fingerprint density at radius 1 is 1.22 bits per heavy atom. The SMILES string of the molecule is CC(C)COCCN1C(=O)C(=O)c2ccccc21. The monoisotopic (exact) mass is 247 g/mol. The van der Waals surface area contributed by atoms with E-state index < -0.39 is 11.7 Å². The molecule has 1 aromatic rings.